The van der Waals surface area contributed by atoms with E-state index in [0.29, 0.717) is 28.5 Å². The largest absolute Gasteiger partial charge is 0.484 e. The Bertz CT molecular complexity index is 1100. The van der Waals surface area contributed by atoms with Gasteiger partial charge in [-0.05, 0) is 53.9 Å². The maximum Gasteiger partial charge on any atom is 0.343 e. The lowest BCUT2D eigenvalue weighted by Gasteiger charge is -2.09. The summed E-state index contributed by atoms with van der Waals surface area (Å²) in [5, 5.41) is 3.96. The number of rotatable bonds is 8. The number of benzene rings is 3. The van der Waals surface area contributed by atoms with Crippen molar-refractivity contribution in [2.75, 3.05) is 6.61 Å². The van der Waals surface area contributed by atoms with Crippen molar-refractivity contribution in [3.05, 3.63) is 94.0 Å². The van der Waals surface area contributed by atoms with Crippen molar-refractivity contribution in [3.8, 4) is 11.5 Å². The molecule has 0 heterocycles. The standard InChI is InChI=1S/C25H23BrN2O4/c1-17(2)18-8-11-22(12-9-18)31-16-24(29)28-27-15-20-14-21(26)10-13-23(20)32-25(30)19-6-4-3-5-7-19/h3-15,17H,16H2,1-2H3,(H,28,29)/b27-15-. The van der Waals surface area contributed by atoms with Crippen LogP contribution in [0.4, 0.5) is 0 Å². The first-order valence-corrected chi connectivity index (χ1v) is 10.8. The minimum absolute atomic E-state index is 0.174. The van der Waals surface area contributed by atoms with Crippen LogP contribution in [-0.2, 0) is 4.79 Å². The zero-order valence-corrected chi connectivity index (χ0v) is 19.3. The van der Waals surface area contributed by atoms with Crippen molar-refractivity contribution in [2.24, 2.45) is 5.10 Å². The third kappa shape index (κ3) is 6.78. The van der Waals surface area contributed by atoms with Crippen LogP contribution >= 0.6 is 15.9 Å². The molecule has 0 saturated carbocycles. The van der Waals surface area contributed by atoms with Crippen LogP contribution in [-0.4, -0.2) is 24.7 Å². The Kier molecular flexibility index (Phi) is 8.16. The monoisotopic (exact) mass is 494 g/mol. The molecule has 32 heavy (non-hydrogen) atoms. The molecule has 0 spiro atoms. The second-order valence-electron chi connectivity index (χ2n) is 7.24. The smallest absolute Gasteiger partial charge is 0.343 e. The number of hydrazone groups is 1. The van der Waals surface area contributed by atoms with Crippen molar-refractivity contribution < 1.29 is 19.1 Å². The summed E-state index contributed by atoms with van der Waals surface area (Å²) in [5.41, 5.74) is 4.57. The molecule has 0 aliphatic heterocycles. The molecule has 0 radical (unpaired) electrons. The molecule has 0 bridgehead atoms. The summed E-state index contributed by atoms with van der Waals surface area (Å²) in [7, 11) is 0. The van der Waals surface area contributed by atoms with E-state index in [2.05, 4.69) is 40.3 Å². The molecule has 3 aromatic carbocycles. The lowest BCUT2D eigenvalue weighted by Crippen LogP contribution is -2.24. The van der Waals surface area contributed by atoms with Gasteiger partial charge in [-0.25, -0.2) is 10.2 Å². The van der Waals surface area contributed by atoms with Crippen LogP contribution in [0.3, 0.4) is 0 Å². The van der Waals surface area contributed by atoms with Gasteiger partial charge in [-0.1, -0.05) is 60.1 Å². The van der Waals surface area contributed by atoms with Crippen LogP contribution in [0.15, 0.2) is 82.4 Å². The van der Waals surface area contributed by atoms with Gasteiger partial charge in [-0.3, -0.25) is 4.79 Å². The lowest BCUT2D eigenvalue weighted by molar-refractivity contribution is -0.123. The molecular weight excluding hydrogens is 472 g/mol. The molecule has 3 aromatic rings. The number of hydrogen-bond donors (Lipinski definition) is 1. The summed E-state index contributed by atoms with van der Waals surface area (Å²) in [6, 6.07) is 21.4. The number of esters is 1. The molecule has 1 amide bonds. The Balaban J connectivity index is 1.57. The molecule has 164 valence electrons. The molecule has 0 aliphatic rings. The van der Waals surface area contributed by atoms with E-state index in [1.165, 1.54) is 11.8 Å². The summed E-state index contributed by atoms with van der Waals surface area (Å²) in [6.07, 6.45) is 1.41. The van der Waals surface area contributed by atoms with Crippen molar-refractivity contribution in [1.29, 1.82) is 0 Å². The zero-order chi connectivity index (χ0) is 22.9. The quantitative estimate of drug-likeness (QED) is 0.199. The minimum atomic E-state index is -0.483. The summed E-state index contributed by atoms with van der Waals surface area (Å²) in [4.78, 5) is 24.4. The molecule has 0 fully saturated rings. The number of amides is 1. The maximum absolute atomic E-state index is 12.3. The fourth-order valence-electron chi connectivity index (χ4n) is 2.75. The van der Waals surface area contributed by atoms with E-state index in [1.54, 1.807) is 42.5 Å². The van der Waals surface area contributed by atoms with Gasteiger partial charge in [0.25, 0.3) is 5.91 Å². The molecule has 7 heteroatoms. The molecule has 0 aliphatic carbocycles. The molecular formula is C25H23BrN2O4. The minimum Gasteiger partial charge on any atom is -0.484 e. The normalized spacial score (nSPS) is 10.9. The average molecular weight is 495 g/mol. The van der Waals surface area contributed by atoms with Gasteiger partial charge in [0.05, 0.1) is 11.8 Å². The zero-order valence-electron chi connectivity index (χ0n) is 17.7. The van der Waals surface area contributed by atoms with Crippen molar-refractivity contribution in [3.63, 3.8) is 0 Å². The van der Waals surface area contributed by atoms with Gasteiger partial charge < -0.3 is 9.47 Å². The van der Waals surface area contributed by atoms with Gasteiger partial charge in [0.1, 0.15) is 11.5 Å². The highest BCUT2D eigenvalue weighted by Crippen LogP contribution is 2.23. The van der Waals surface area contributed by atoms with Crippen LogP contribution < -0.4 is 14.9 Å². The topological polar surface area (TPSA) is 77.0 Å². The number of nitrogens with one attached hydrogen (secondary N) is 1. The fourth-order valence-corrected chi connectivity index (χ4v) is 3.13. The van der Waals surface area contributed by atoms with E-state index < -0.39 is 11.9 Å². The molecule has 3 rings (SSSR count). The highest BCUT2D eigenvalue weighted by Gasteiger charge is 2.11. The SMILES string of the molecule is CC(C)c1ccc(OCC(=O)N/N=C\c2cc(Br)ccc2OC(=O)c2ccccc2)cc1. The highest BCUT2D eigenvalue weighted by molar-refractivity contribution is 9.10. The van der Waals surface area contributed by atoms with Gasteiger partial charge in [-0.15, -0.1) is 0 Å². The predicted octanol–water partition coefficient (Wildman–Crippen LogP) is 5.32. The van der Waals surface area contributed by atoms with E-state index in [0.717, 1.165) is 4.47 Å². The third-order valence-corrected chi connectivity index (χ3v) is 4.99. The van der Waals surface area contributed by atoms with E-state index in [4.69, 9.17) is 9.47 Å². The molecule has 0 unspecified atom stereocenters. The molecule has 0 aromatic heterocycles. The molecule has 0 atom stereocenters. The fraction of sp³-hybridized carbons (Fsp3) is 0.160. The van der Waals surface area contributed by atoms with Gasteiger partial charge in [0.2, 0.25) is 0 Å². The molecule has 6 nitrogen and oxygen atoms in total. The van der Waals surface area contributed by atoms with Crippen LogP contribution in [0.5, 0.6) is 11.5 Å². The Morgan fingerprint density at radius 1 is 1.03 bits per heavy atom. The number of carbonyl (C=O) groups excluding carboxylic acids is 2. The number of ether oxygens (including phenoxy) is 2. The van der Waals surface area contributed by atoms with Gasteiger partial charge >= 0.3 is 5.97 Å². The number of carbonyl (C=O) groups is 2. The molecule has 0 saturated heterocycles. The van der Waals surface area contributed by atoms with Crippen LogP contribution in [0.25, 0.3) is 0 Å². The number of hydrogen-bond acceptors (Lipinski definition) is 5. The van der Waals surface area contributed by atoms with Crippen LogP contribution in [0.1, 0.15) is 41.3 Å². The first kappa shape index (κ1) is 23.2. The molecule has 1 N–H and O–H groups in total. The Morgan fingerprint density at radius 2 is 1.75 bits per heavy atom. The summed E-state index contributed by atoms with van der Waals surface area (Å²) in [6.45, 7) is 4.05. The average Bonchev–Trinajstić information content (AvgIpc) is 2.80. The maximum atomic E-state index is 12.3. The Labute approximate surface area is 195 Å². The third-order valence-electron chi connectivity index (χ3n) is 4.49. The summed E-state index contributed by atoms with van der Waals surface area (Å²) in [5.74, 6) is 0.462. The van der Waals surface area contributed by atoms with Crippen LogP contribution in [0, 0.1) is 0 Å². The van der Waals surface area contributed by atoms with E-state index >= 15 is 0 Å². The highest BCUT2D eigenvalue weighted by atomic mass is 79.9. The first-order chi connectivity index (χ1) is 15.4. The van der Waals surface area contributed by atoms with Crippen molar-refractivity contribution in [1.82, 2.24) is 5.43 Å². The van der Waals surface area contributed by atoms with Crippen LogP contribution in [0.2, 0.25) is 0 Å². The van der Waals surface area contributed by atoms with Gasteiger partial charge in [-0.2, -0.15) is 5.10 Å². The summed E-state index contributed by atoms with van der Waals surface area (Å²) < 4.78 is 11.8. The second-order valence-corrected chi connectivity index (χ2v) is 8.16. The first-order valence-electron chi connectivity index (χ1n) is 10.0. The van der Waals surface area contributed by atoms with E-state index in [1.807, 2.05) is 30.3 Å². The predicted molar refractivity (Wildman–Crippen MR) is 127 cm³/mol. The van der Waals surface area contributed by atoms with E-state index in [-0.39, 0.29) is 6.61 Å². The summed E-state index contributed by atoms with van der Waals surface area (Å²) >= 11 is 3.38. The Hall–Kier alpha value is -3.45. The lowest BCUT2D eigenvalue weighted by atomic mass is 10.0. The number of nitrogens with zero attached hydrogens (tertiary/aromatic N) is 1. The number of halogens is 1. The van der Waals surface area contributed by atoms with Crippen molar-refractivity contribution in [2.45, 2.75) is 19.8 Å². The van der Waals surface area contributed by atoms with Crippen molar-refractivity contribution >= 4 is 34.0 Å². The Morgan fingerprint density at radius 3 is 2.44 bits per heavy atom. The van der Waals surface area contributed by atoms with Gasteiger partial charge in [0, 0.05) is 10.0 Å². The second kappa shape index (κ2) is 11.2. The van der Waals surface area contributed by atoms with E-state index in [9.17, 15) is 9.59 Å². The van der Waals surface area contributed by atoms with Gasteiger partial charge in [0.15, 0.2) is 6.61 Å².